The minimum absolute atomic E-state index is 0.0323. The smallest absolute Gasteiger partial charge is 0.338 e. The molecule has 0 unspecified atom stereocenters. The van der Waals surface area contributed by atoms with Gasteiger partial charge in [0.25, 0.3) is 15.9 Å². The van der Waals surface area contributed by atoms with Gasteiger partial charge in [0.1, 0.15) is 20.1 Å². The van der Waals surface area contributed by atoms with Crippen LogP contribution in [0.3, 0.4) is 0 Å². The summed E-state index contributed by atoms with van der Waals surface area (Å²) in [6.07, 6.45) is 13.4. The highest BCUT2D eigenvalue weighted by Crippen LogP contribution is 2.64. The number of primary sulfonamides is 1. The molecule has 71 heavy (non-hydrogen) atoms. The molecule has 4 N–H and O–H groups in total. The van der Waals surface area contributed by atoms with Crippen LogP contribution in [0.25, 0.3) is 11.6 Å². The molecule has 8 rings (SSSR count). The molecule has 0 saturated heterocycles. The molecule has 27 heteroatoms. The van der Waals surface area contributed by atoms with Crippen LogP contribution < -0.4 is 19.3 Å². The van der Waals surface area contributed by atoms with Crippen molar-refractivity contribution in [3.05, 3.63) is 94.0 Å². The molecular weight excluding hydrogens is 1030 g/mol. The van der Waals surface area contributed by atoms with Crippen LogP contribution in [0, 0.1) is 13.8 Å². The molecule has 2 aliphatic rings. The predicted molar refractivity (Wildman–Crippen MR) is 272 cm³/mol. The van der Waals surface area contributed by atoms with E-state index >= 15 is 0 Å². The Labute approximate surface area is 425 Å². The number of aromatic carboxylic acids is 1. The summed E-state index contributed by atoms with van der Waals surface area (Å²) in [4.78, 5) is 31.9. The Kier molecular flexibility index (Phi) is 16.2. The summed E-state index contributed by atoms with van der Waals surface area (Å²) >= 11 is 12.1. The molecule has 6 heterocycles. The van der Waals surface area contributed by atoms with E-state index in [4.69, 9.17) is 42.9 Å². The van der Waals surface area contributed by atoms with Crippen molar-refractivity contribution < 1.29 is 41.0 Å². The largest absolute Gasteiger partial charge is 0.478 e. The number of aryl methyl sites for hydroxylation is 4. The third-order valence-corrected chi connectivity index (χ3v) is 23.9. The first-order valence-electron chi connectivity index (χ1n) is 22.5. The fourth-order valence-electron chi connectivity index (χ4n) is 8.14. The molecule has 0 bridgehead atoms. The maximum absolute atomic E-state index is 12.6. The van der Waals surface area contributed by atoms with Gasteiger partial charge in [0.15, 0.2) is 11.6 Å². The lowest BCUT2D eigenvalue weighted by Crippen LogP contribution is -2.31. The van der Waals surface area contributed by atoms with E-state index in [2.05, 4.69) is 69.6 Å². The molecule has 2 saturated carbocycles. The second-order valence-corrected chi connectivity index (χ2v) is 34.8. The Morgan fingerprint density at radius 3 is 1.42 bits per heavy atom. The number of pyridine rings is 2. The highest BCUT2D eigenvalue weighted by Gasteiger charge is 2.53. The van der Waals surface area contributed by atoms with Crippen LogP contribution in [0.5, 0.6) is 11.8 Å². The zero-order valence-corrected chi connectivity index (χ0v) is 46.4. The van der Waals surface area contributed by atoms with Crippen molar-refractivity contribution in [1.29, 1.82) is 0 Å². The SMILES string of the molecule is C[Si](C)(C)C1(CCOc2ccn(-c3ccc(C(=O)O)c(Cl)n3)n2)CC1.Cc1nn(C)cc1S(=O)(=O)NC(=O)c1ccc(-n2ccc(OCCC3([Si](C)(C)C)CC3)n2)nc1Cl.Cc1nn(C)cc1S(N)(=O)=O. The summed E-state index contributed by atoms with van der Waals surface area (Å²) in [5, 5.41) is 31.2. The lowest BCUT2D eigenvalue weighted by molar-refractivity contribution is 0.0696. The fraction of sp³-hybridized carbons (Fsp3) is 0.455. The van der Waals surface area contributed by atoms with E-state index in [0.717, 1.165) is 12.8 Å². The minimum atomic E-state index is -4.12. The van der Waals surface area contributed by atoms with Crippen molar-refractivity contribution in [2.24, 2.45) is 19.2 Å². The van der Waals surface area contributed by atoms with Gasteiger partial charge in [-0.05, 0) is 86.7 Å². The van der Waals surface area contributed by atoms with Crippen molar-refractivity contribution in [2.75, 3.05) is 13.2 Å². The van der Waals surface area contributed by atoms with Gasteiger partial charge in [0.2, 0.25) is 21.8 Å². The Morgan fingerprint density at radius 2 is 1.10 bits per heavy atom. The number of rotatable bonds is 17. The molecule has 2 fully saturated rings. The Balaban J connectivity index is 0.000000198. The number of nitrogens with zero attached hydrogens (tertiary/aromatic N) is 10. The van der Waals surface area contributed by atoms with Gasteiger partial charge in [-0.25, -0.2) is 50.8 Å². The summed E-state index contributed by atoms with van der Waals surface area (Å²) in [7, 11) is -6.86. The number of aromatic nitrogens is 10. The summed E-state index contributed by atoms with van der Waals surface area (Å²) in [5.41, 5.74) is 0.590. The van der Waals surface area contributed by atoms with Crippen LogP contribution in [0.4, 0.5) is 0 Å². The van der Waals surface area contributed by atoms with Crippen LogP contribution >= 0.6 is 23.2 Å². The van der Waals surface area contributed by atoms with Gasteiger partial charge >= 0.3 is 5.97 Å². The van der Waals surface area contributed by atoms with Crippen LogP contribution in [0.2, 0.25) is 59.7 Å². The van der Waals surface area contributed by atoms with Crippen LogP contribution in [0.15, 0.2) is 71.0 Å². The molecule has 0 radical (unpaired) electrons. The average Bonchev–Trinajstić information content (AvgIpc) is 4.00. The Bertz CT molecular complexity index is 3150. The number of carboxylic acids is 1. The first-order chi connectivity index (χ1) is 32.9. The summed E-state index contributed by atoms with van der Waals surface area (Å²) in [6, 6.07) is 9.43. The van der Waals surface area contributed by atoms with Crippen LogP contribution in [-0.4, -0.2) is 112 Å². The van der Waals surface area contributed by atoms with E-state index in [0.29, 0.717) is 52.4 Å². The van der Waals surface area contributed by atoms with Gasteiger partial charge in [0, 0.05) is 51.0 Å². The maximum atomic E-state index is 12.6. The standard InChI is InChI=1S/C22H29ClN6O4SSi.C17H22ClN3O3Si.C5H9N3O2S/c1-15-17(14-28(2)25-15)34(31,32)27-21(30)16-6-7-18(24-20(16)23)29-12-8-19(26-29)33-13-11-22(9-10-22)35(3,4)5;1-25(2,3)17(7-8-17)9-11-24-14-6-10-21(20-14)13-5-4-12(16(22)23)15(18)19-13;1-4-5(11(6,9)10)3-8(2)7-4/h6-8,12,14H,9-11,13H2,1-5H3,(H,27,30);4-6,10H,7-9,11H2,1-3H3,(H,22,23);3H,1-2H3,(H2,6,9,10). The number of carbonyl (C=O) groups excluding carboxylic acids is 1. The van der Waals surface area contributed by atoms with Crippen molar-refractivity contribution in [3.8, 4) is 23.4 Å². The predicted octanol–water partition coefficient (Wildman–Crippen LogP) is 7.36. The molecule has 6 aromatic heterocycles. The summed E-state index contributed by atoms with van der Waals surface area (Å²) in [5.74, 6) is -0.164. The van der Waals surface area contributed by atoms with E-state index in [1.807, 2.05) is 4.72 Å². The highest BCUT2D eigenvalue weighted by atomic mass is 35.5. The second kappa shape index (κ2) is 21.0. The molecule has 0 atom stereocenters. The normalized spacial score (nSPS) is 14.9. The number of sulfonamides is 2. The van der Waals surface area contributed by atoms with Crippen molar-refractivity contribution >= 4 is 71.3 Å². The lowest BCUT2D eigenvalue weighted by Gasteiger charge is -2.28. The molecule has 0 aliphatic heterocycles. The maximum Gasteiger partial charge on any atom is 0.338 e. The van der Waals surface area contributed by atoms with Crippen molar-refractivity contribution in [2.45, 2.75) is 112 Å². The van der Waals surface area contributed by atoms with Gasteiger partial charge < -0.3 is 14.6 Å². The van der Waals surface area contributed by atoms with E-state index < -0.39 is 48.1 Å². The topological polar surface area (TPSA) is 276 Å². The number of amides is 1. The number of carbonyl (C=O) groups is 2. The van der Waals surface area contributed by atoms with Crippen molar-refractivity contribution in [3.63, 3.8) is 0 Å². The number of ether oxygens (including phenoxy) is 2. The fourth-order valence-corrected chi connectivity index (χ4v) is 15.5. The molecule has 2 aliphatic carbocycles. The third kappa shape index (κ3) is 13.4. The third-order valence-electron chi connectivity index (χ3n) is 13.1. The van der Waals surface area contributed by atoms with E-state index in [1.54, 1.807) is 58.5 Å². The van der Waals surface area contributed by atoms with Gasteiger partial charge in [-0.1, -0.05) is 62.5 Å². The van der Waals surface area contributed by atoms with Gasteiger partial charge in [0.05, 0.1) is 51.9 Å². The highest BCUT2D eigenvalue weighted by molar-refractivity contribution is 7.90. The molecular formula is C44H60Cl2N12O9S2Si2. The second-order valence-electron chi connectivity index (χ2n) is 19.8. The Hall–Kier alpha value is -5.45. The van der Waals surface area contributed by atoms with E-state index in [1.165, 1.54) is 75.0 Å². The minimum Gasteiger partial charge on any atom is -0.478 e. The first-order valence-corrected chi connectivity index (χ1v) is 33.3. The zero-order chi connectivity index (χ0) is 52.5. The number of carboxylic acid groups (broad SMARTS) is 1. The number of nitrogens with one attached hydrogen (secondary N) is 1. The summed E-state index contributed by atoms with van der Waals surface area (Å²) in [6.45, 7) is 18.9. The number of hydrogen-bond acceptors (Lipinski definition) is 14. The first kappa shape index (κ1) is 54.9. The summed E-state index contributed by atoms with van der Waals surface area (Å²) < 4.78 is 66.2. The number of halogens is 2. The van der Waals surface area contributed by atoms with Crippen LogP contribution in [-0.2, 0) is 34.1 Å². The van der Waals surface area contributed by atoms with E-state index in [-0.39, 0.29) is 36.9 Å². The van der Waals surface area contributed by atoms with Gasteiger partial charge in [-0.15, -0.1) is 10.2 Å². The molecule has 0 aromatic carbocycles. The molecule has 0 spiro atoms. The molecule has 1 amide bonds. The monoisotopic (exact) mass is 1090 g/mol. The molecule has 6 aromatic rings. The van der Waals surface area contributed by atoms with Gasteiger partial charge in [-0.2, -0.15) is 10.2 Å². The lowest BCUT2D eigenvalue weighted by atomic mass is 10.3. The molecule has 384 valence electrons. The van der Waals surface area contributed by atoms with Gasteiger partial charge in [-0.3, -0.25) is 14.2 Å². The number of nitrogens with two attached hydrogens (primary N) is 1. The Morgan fingerprint density at radius 1 is 0.690 bits per heavy atom. The number of hydrogen-bond donors (Lipinski definition) is 3. The zero-order valence-electron chi connectivity index (χ0n) is 41.3. The quantitative estimate of drug-likeness (QED) is 0.0594. The average molecular weight is 1090 g/mol. The van der Waals surface area contributed by atoms with Crippen molar-refractivity contribution in [1.82, 2.24) is 53.8 Å². The van der Waals surface area contributed by atoms with Crippen LogP contribution in [0.1, 0.15) is 70.6 Å². The van der Waals surface area contributed by atoms with E-state index in [9.17, 15) is 26.4 Å². The molecule has 21 nitrogen and oxygen atoms in total.